The Bertz CT molecular complexity index is 106. The molecule has 3 unspecified atom stereocenters. The van der Waals surface area contributed by atoms with E-state index in [0.717, 1.165) is 12.7 Å². The number of rotatable bonds is 4. The maximum Gasteiger partial charge on any atom is 0.136 e. The summed E-state index contributed by atoms with van der Waals surface area (Å²) in [5.41, 5.74) is 5.46. The van der Waals surface area contributed by atoms with Crippen LogP contribution in [0.4, 0.5) is 0 Å². The molecular weight excluding hydrogens is 146 g/mol. The zero-order valence-electron chi connectivity index (χ0n) is 6.45. The third-order valence-electron chi connectivity index (χ3n) is 1.53. The van der Waals surface area contributed by atoms with E-state index < -0.39 is 0 Å². The molecule has 0 aliphatic rings. The summed E-state index contributed by atoms with van der Waals surface area (Å²) in [5.74, 6) is 0.241. The molecule has 0 spiro atoms. The lowest BCUT2D eigenvalue weighted by Crippen LogP contribution is -2.30. The van der Waals surface area contributed by atoms with Crippen LogP contribution < -0.4 is 5.73 Å². The van der Waals surface area contributed by atoms with E-state index in [0.29, 0.717) is 5.25 Å². The van der Waals surface area contributed by atoms with E-state index in [1.165, 1.54) is 0 Å². The fourth-order valence-electron chi connectivity index (χ4n) is 0.829. The standard InChI is InChI=1S/C7H15NOS/c1-5(3-6(2)10)7(8)4-9/h4-7,10H,3,8H2,1-2H3. The summed E-state index contributed by atoms with van der Waals surface area (Å²) < 4.78 is 0. The molecule has 0 aliphatic heterocycles. The van der Waals surface area contributed by atoms with Crippen LogP contribution in [0, 0.1) is 5.92 Å². The van der Waals surface area contributed by atoms with Gasteiger partial charge in [0.05, 0.1) is 6.04 Å². The lowest BCUT2D eigenvalue weighted by molar-refractivity contribution is -0.109. The van der Waals surface area contributed by atoms with Crippen molar-refractivity contribution in [1.82, 2.24) is 0 Å². The first-order valence-electron chi connectivity index (χ1n) is 3.47. The summed E-state index contributed by atoms with van der Waals surface area (Å²) in [5, 5.41) is 0.320. The number of carbonyl (C=O) groups is 1. The molecule has 2 N–H and O–H groups in total. The van der Waals surface area contributed by atoms with Crippen molar-refractivity contribution < 1.29 is 4.79 Å². The van der Waals surface area contributed by atoms with E-state index in [1.54, 1.807) is 0 Å². The van der Waals surface area contributed by atoms with Gasteiger partial charge in [-0.05, 0) is 17.6 Å². The van der Waals surface area contributed by atoms with Crippen LogP contribution in [0.1, 0.15) is 20.3 Å². The highest BCUT2D eigenvalue weighted by Crippen LogP contribution is 2.11. The van der Waals surface area contributed by atoms with Gasteiger partial charge in [-0.25, -0.2) is 0 Å². The predicted octanol–water partition coefficient (Wildman–Crippen LogP) is 0.857. The normalized spacial score (nSPS) is 19.6. The van der Waals surface area contributed by atoms with Crippen LogP contribution in [0.15, 0.2) is 0 Å². The smallest absolute Gasteiger partial charge is 0.136 e. The molecule has 0 saturated heterocycles. The van der Waals surface area contributed by atoms with Gasteiger partial charge >= 0.3 is 0 Å². The Hall–Kier alpha value is -0.0200. The predicted molar refractivity (Wildman–Crippen MR) is 46.3 cm³/mol. The molecule has 0 rings (SSSR count). The average molecular weight is 161 g/mol. The monoisotopic (exact) mass is 161 g/mol. The van der Waals surface area contributed by atoms with Gasteiger partial charge in [-0.15, -0.1) is 0 Å². The lowest BCUT2D eigenvalue weighted by atomic mass is 9.99. The zero-order chi connectivity index (χ0) is 8.15. The molecule has 60 valence electrons. The molecular formula is C7H15NOS. The van der Waals surface area contributed by atoms with Crippen molar-refractivity contribution in [2.45, 2.75) is 31.6 Å². The van der Waals surface area contributed by atoms with E-state index >= 15 is 0 Å². The van der Waals surface area contributed by atoms with Crippen LogP contribution in [0.25, 0.3) is 0 Å². The maximum absolute atomic E-state index is 10.2. The Morgan fingerprint density at radius 1 is 1.60 bits per heavy atom. The second-order valence-electron chi connectivity index (χ2n) is 2.78. The van der Waals surface area contributed by atoms with Crippen LogP contribution in [0.2, 0.25) is 0 Å². The number of thiol groups is 1. The highest BCUT2D eigenvalue weighted by atomic mass is 32.1. The van der Waals surface area contributed by atoms with Crippen molar-refractivity contribution in [3.8, 4) is 0 Å². The second kappa shape index (κ2) is 4.74. The molecule has 0 amide bonds. The summed E-state index contributed by atoms with van der Waals surface area (Å²) in [7, 11) is 0. The van der Waals surface area contributed by atoms with Crippen LogP contribution in [0.3, 0.4) is 0 Å². The van der Waals surface area contributed by atoms with E-state index in [4.69, 9.17) is 5.73 Å². The molecule has 0 aromatic carbocycles. The van der Waals surface area contributed by atoms with Gasteiger partial charge in [0.15, 0.2) is 0 Å². The lowest BCUT2D eigenvalue weighted by Gasteiger charge is -2.15. The Kier molecular flexibility index (Phi) is 4.73. The third-order valence-corrected chi connectivity index (χ3v) is 1.74. The molecule has 0 aromatic rings. The van der Waals surface area contributed by atoms with Crippen molar-refractivity contribution in [2.75, 3.05) is 0 Å². The van der Waals surface area contributed by atoms with Crippen LogP contribution in [-0.2, 0) is 4.79 Å². The molecule has 0 aromatic heterocycles. The Morgan fingerprint density at radius 2 is 2.10 bits per heavy atom. The van der Waals surface area contributed by atoms with Gasteiger partial charge in [0, 0.05) is 0 Å². The molecule has 3 heteroatoms. The molecule has 0 saturated carbocycles. The molecule has 0 radical (unpaired) electrons. The van der Waals surface area contributed by atoms with E-state index in [9.17, 15) is 4.79 Å². The molecule has 0 bridgehead atoms. The average Bonchev–Trinajstić information content (AvgIpc) is 1.85. The van der Waals surface area contributed by atoms with Gasteiger partial charge < -0.3 is 10.5 Å². The fraction of sp³-hybridized carbons (Fsp3) is 0.857. The SMILES string of the molecule is CC(S)CC(C)C(N)C=O. The van der Waals surface area contributed by atoms with Crippen molar-refractivity contribution in [3.05, 3.63) is 0 Å². The summed E-state index contributed by atoms with van der Waals surface area (Å²) in [6, 6.07) is -0.324. The molecule has 10 heavy (non-hydrogen) atoms. The Morgan fingerprint density at radius 3 is 2.40 bits per heavy atom. The van der Waals surface area contributed by atoms with E-state index in [1.807, 2.05) is 13.8 Å². The molecule has 0 fully saturated rings. The van der Waals surface area contributed by atoms with Crippen LogP contribution >= 0.6 is 12.6 Å². The van der Waals surface area contributed by atoms with Gasteiger partial charge in [-0.1, -0.05) is 13.8 Å². The van der Waals surface area contributed by atoms with Gasteiger partial charge in [-0.2, -0.15) is 12.6 Å². The second-order valence-corrected chi connectivity index (χ2v) is 3.66. The summed E-state index contributed by atoms with van der Waals surface area (Å²) in [6.07, 6.45) is 1.68. The molecule has 0 heterocycles. The van der Waals surface area contributed by atoms with Crippen molar-refractivity contribution in [3.63, 3.8) is 0 Å². The Labute approximate surface area is 67.6 Å². The number of nitrogens with two attached hydrogens (primary N) is 1. The number of carbonyl (C=O) groups excluding carboxylic acids is 1. The summed E-state index contributed by atoms with van der Waals surface area (Å²) in [6.45, 7) is 3.96. The quantitative estimate of drug-likeness (QED) is 0.474. The third kappa shape index (κ3) is 3.90. The number of hydrogen-bond acceptors (Lipinski definition) is 3. The first-order valence-corrected chi connectivity index (χ1v) is 3.98. The first kappa shape index (κ1) is 9.98. The number of aldehydes is 1. The van der Waals surface area contributed by atoms with Gasteiger partial charge in [0.25, 0.3) is 0 Å². The summed E-state index contributed by atoms with van der Waals surface area (Å²) >= 11 is 4.20. The molecule has 3 atom stereocenters. The van der Waals surface area contributed by atoms with E-state index in [2.05, 4.69) is 12.6 Å². The Balaban J connectivity index is 3.60. The van der Waals surface area contributed by atoms with Gasteiger partial charge in [0.1, 0.15) is 6.29 Å². The molecule has 0 aliphatic carbocycles. The van der Waals surface area contributed by atoms with Crippen molar-refractivity contribution in [2.24, 2.45) is 11.7 Å². The minimum Gasteiger partial charge on any atom is -0.322 e. The first-order chi connectivity index (χ1) is 4.57. The summed E-state index contributed by atoms with van der Waals surface area (Å²) in [4.78, 5) is 10.2. The van der Waals surface area contributed by atoms with Crippen LogP contribution in [0.5, 0.6) is 0 Å². The van der Waals surface area contributed by atoms with Crippen molar-refractivity contribution >= 4 is 18.9 Å². The van der Waals surface area contributed by atoms with Gasteiger partial charge in [-0.3, -0.25) is 0 Å². The zero-order valence-corrected chi connectivity index (χ0v) is 7.34. The number of hydrogen-bond donors (Lipinski definition) is 2. The minimum absolute atomic E-state index is 0.241. The fourth-order valence-corrected chi connectivity index (χ4v) is 1.16. The highest BCUT2D eigenvalue weighted by Gasteiger charge is 2.12. The largest absolute Gasteiger partial charge is 0.322 e. The van der Waals surface area contributed by atoms with E-state index in [-0.39, 0.29) is 12.0 Å². The molecule has 2 nitrogen and oxygen atoms in total. The van der Waals surface area contributed by atoms with Gasteiger partial charge in [0.2, 0.25) is 0 Å². The highest BCUT2D eigenvalue weighted by molar-refractivity contribution is 7.80. The van der Waals surface area contributed by atoms with Crippen molar-refractivity contribution in [1.29, 1.82) is 0 Å². The topological polar surface area (TPSA) is 43.1 Å². The van der Waals surface area contributed by atoms with Crippen LogP contribution in [-0.4, -0.2) is 17.6 Å². The maximum atomic E-state index is 10.2. The minimum atomic E-state index is -0.324.